The highest BCUT2D eigenvalue weighted by atomic mass is 32.2. The summed E-state index contributed by atoms with van der Waals surface area (Å²) < 4.78 is 10.8. The van der Waals surface area contributed by atoms with Gasteiger partial charge < -0.3 is 14.9 Å². The van der Waals surface area contributed by atoms with Crippen LogP contribution in [0.1, 0.15) is 22.8 Å². The van der Waals surface area contributed by atoms with Crippen LogP contribution in [0.2, 0.25) is 0 Å². The number of esters is 1. The van der Waals surface area contributed by atoms with E-state index in [1.54, 1.807) is 24.3 Å². The van der Waals surface area contributed by atoms with Crippen LogP contribution in [0.25, 0.3) is 11.1 Å². The number of imide groups is 1. The van der Waals surface area contributed by atoms with E-state index in [2.05, 4.69) is 4.98 Å². The zero-order valence-corrected chi connectivity index (χ0v) is 15.7. The maximum absolute atomic E-state index is 12.5. The molecule has 3 aromatic rings. The molecule has 0 saturated carbocycles. The van der Waals surface area contributed by atoms with Crippen molar-refractivity contribution in [1.82, 2.24) is 10.3 Å². The van der Waals surface area contributed by atoms with E-state index in [1.807, 2.05) is 29.6 Å². The number of carbonyl (C=O) groups is 3. The Balaban J connectivity index is 1.69. The first-order valence-corrected chi connectivity index (χ1v) is 9.30. The number of aromatic nitrogens is 1. The number of amides is 3. The molecule has 3 rings (SSSR count). The molecule has 3 N–H and O–H groups in total. The van der Waals surface area contributed by atoms with Crippen LogP contribution in [0.3, 0.4) is 0 Å². The predicted molar refractivity (Wildman–Crippen MR) is 103 cm³/mol. The summed E-state index contributed by atoms with van der Waals surface area (Å²) in [5, 5.41) is 2.36. The molecule has 8 nitrogen and oxygen atoms in total. The van der Waals surface area contributed by atoms with Crippen molar-refractivity contribution in [1.29, 1.82) is 0 Å². The zero-order valence-electron chi connectivity index (χ0n) is 14.9. The molecule has 2 aromatic carbocycles. The standard InChI is InChI=1S/C19H17N3O5S/c1-11(16(23)22-18(20)25)26-17(24)13-7-3-2-6-12(13)10-28-19-21-14-8-4-5-9-15(14)27-19/h2-9,11H,10H2,1H3,(H3,20,22,23,25)/t11-/m1/s1. The molecule has 1 heterocycles. The first-order valence-electron chi connectivity index (χ1n) is 8.31. The number of rotatable bonds is 6. The van der Waals surface area contributed by atoms with Crippen molar-refractivity contribution in [2.24, 2.45) is 5.73 Å². The Kier molecular flexibility index (Phi) is 5.95. The molecule has 9 heteroatoms. The molecular formula is C19H17N3O5S. The van der Waals surface area contributed by atoms with Gasteiger partial charge in [0.25, 0.3) is 11.1 Å². The minimum atomic E-state index is -1.17. The quantitative estimate of drug-likeness (QED) is 0.482. The lowest BCUT2D eigenvalue weighted by Crippen LogP contribution is -2.42. The van der Waals surface area contributed by atoms with Gasteiger partial charge in [0, 0.05) is 5.75 Å². The lowest BCUT2D eigenvalue weighted by atomic mass is 10.1. The first kappa shape index (κ1) is 19.4. The number of nitrogens with one attached hydrogen (secondary N) is 1. The number of hydrogen-bond acceptors (Lipinski definition) is 7. The molecule has 3 amide bonds. The summed E-state index contributed by atoms with van der Waals surface area (Å²) in [6.07, 6.45) is -1.17. The minimum Gasteiger partial charge on any atom is -0.449 e. The van der Waals surface area contributed by atoms with Crippen LogP contribution < -0.4 is 11.1 Å². The third-order valence-electron chi connectivity index (χ3n) is 3.76. The van der Waals surface area contributed by atoms with Gasteiger partial charge in [-0.1, -0.05) is 42.1 Å². The fraction of sp³-hybridized carbons (Fsp3) is 0.158. The number of ether oxygens (including phenoxy) is 1. The van der Waals surface area contributed by atoms with Gasteiger partial charge in [0.05, 0.1) is 5.56 Å². The average Bonchev–Trinajstić information content (AvgIpc) is 3.09. The van der Waals surface area contributed by atoms with Crippen LogP contribution in [0, 0.1) is 0 Å². The Morgan fingerprint density at radius 3 is 2.64 bits per heavy atom. The zero-order chi connectivity index (χ0) is 20.1. The smallest absolute Gasteiger partial charge is 0.339 e. The minimum absolute atomic E-state index is 0.310. The molecule has 1 aromatic heterocycles. The molecule has 1 atom stereocenters. The normalized spacial score (nSPS) is 11.8. The number of oxazole rings is 1. The molecule has 0 fully saturated rings. The molecule has 0 bridgehead atoms. The molecule has 144 valence electrons. The van der Waals surface area contributed by atoms with Crippen molar-refractivity contribution in [3.05, 3.63) is 59.7 Å². The summed E-state index contributed by atoms with van der Waals surface area (Å²) in [7, 11) is 0. The van der Waals surface area contributed by atoms with E-state index in [1.165, 1.54) is 18.7 Å². The van der Waals surface area contributed by atoms with Crippen LogP contribution in [-0.2, 0) is 15.3 Å². The number of hydrogen-bond donors (Lipinski definition) is 2. The van der Waals surface area contributed by atoms with E-state index >= 15 is 0 Å². The Morgan fingerprint density at radius 2 is 1.89 bits per heavy atom. The number of para-hydroxylation sites is 2. The summed E-state index contributed by atoms with van der Waals surface area (Å²) in [6, 6.07) is 13.3. The van der Waals surface area contributed by atoms with Gasteiger partial charge in [-0.05, 0) is 30.7 Å². The highest BCUT2D eigenvalue weighted by molar-refractivity contribution is 7.98. The Hall–Kier alpha value is -3.33. The second-order valence-electron chi connectivity index (χ2n) is 5.79. The largest absolute Gasteiger partial charge is 0.449 e. The van der Waals surface area contributed by atoms with Crippen molar-refractivity contribution < 1.29 is 23.5 Å². The second kappa shape index (κ2) is 8.57. The van der Waals surface area contributed by atoms with E-state index < -0.39 is 24.0 Å². The topological polar surface area (TPSA) is 125 Å². The SMILES string of the molecule is C[C@@H](OC(=O)c1ccccc1CSc1nc2ccccc2o1)C(=O)NC(N)=O. The van der Waals surface area contributed by atoms with E-state index in [0.29, 0.717) is 27.7 Å². The molecule has 0 radical (unpaired) electrons. The summed E-state index contributed by atoms with van der Waals surface area (Å²) in [5.74, 6) is -1.06. The molecule has 0 aliphatic carbocycles. The predicted octanol–water partition coefficient (Wildman–Crippen LogP) is 2.86. The first-order chi connectivity index (χ1) is 13.4. The van der Waals surface area contributed by atoms with Crippen LogP contribution in [0.4, 0.5) is 4.79 Å². The van der Waals surface area contributed by atoms with Crippen molar-refractivity contribution >= 4 is 40.8 Å². The van der Waals surface area contributed by atoms with Crippen molar-refractivity contribution in [3.8, 4) is 0 Å². The summed E-state index contributed by atoms with van der Waals surface area (Å²) in [5.41, 5.74) is 7.34. The molecule has 28 heavy (non-hydrogen) atoms. The van der Waals surface area contributed by atoms with E-state index in [4.69, 9.17) is 14.9 Å². The number of benzene rings is 2. The van der Waals surface area contributed by atoms with Gasteiger partial charge in [-0.2, -0.15) is 0 Å². The van der Waals surface area contributed by atoms with Crippen LogP contribution in [0.5, 0.6) is 0 Å². The second-order valence-corrected chi connectivity index (χ2v) is 6.72. The van der Waals surface area contributed by atoms with Crippen LogP contribution in [-0.4, -0.2) is 29.0 Å². The van der Waals surface area contributed by atoms with Gasteiger partial charge in [-0.15, -0.1) is 0 Å². The molecule has 0 saturated heterocycles. The third kappa shape index (κ3) is 4.68. The lowest BCUT2D eigenvalue weighted by molar-refractivity contribution is -0.127. The molecule has 0 aliphatic rings. The van der Waals surface area contributed by atoms with Gasteiger partial charge in [0.1, 0.15) is 5.52 Å². The number of thioether (sulfide) groups is 1. The number of fused-ring (bicyclic) bond motifs is 1. The summed E-state index contributed by atoms with van der Waals surface area (Å²) >= 11 is 1.34. The summed E-state index contributed by atoms with van der Waals surface area (Å²) in [6.45, 7) is 1.35. The van der Waals surface area contributed by atoms with Gasteiger partial charge in [0.2, 0.25) is 0 Å². The maximum atomic E-state index is 12.5. The van der Waals surface area contributed by atoms with Crippen molar-refractivity contribution in [3.63, 3.8) is 0 Å². The Labute approximate surface area is 164 Å². The van der Waals surface area contributed by atoms with Crippen molar-refractivity contribution in [2.45, 2.75) is 24.0 Å². The van der Waals surface area contributed by atoms with Gasteiger partial charge in [-0.25, -0.2) is 14.6 Å². The molecule has 0 unspecified atom stereocenters. The van der Waals surface area contributed by atoms with Gasteiger partial charge >= 0.3 is 12.0 Å². The maximum Gasteiger partial charge on any atom is 0.339 e. The molecule has 0 spiro atoms. The van der Waals surface area contributed by atoms with Gasteiger partial charge in [0.15, 0.2) is 11.7 Å². The van der Waals surface area contributed by atoms with E-state index in [9.17, 15) is 14.4 Å². The number of primary amides is 1. The number of urea groups is 1. The average molecular weight is 399 g/mol. The van der Waals surface area contributed by atoms with E-state index in [0.717, 1.165) is 5.52 Å². The number of nitrogens with two attached hydrogens (primary N) is 1. The van der Waals surface area contributed by atoms with Crippen LogP contribution >= 0.6 is 11.8 Å². The highest BCUT2D eigenvalue weighted by Gasteiger charge is 2.21. The fourth-order valence-electron chi connectivity index (χ4n) is 2.40. The van der Waals surface area contributed by atoms with E-state index in [-0.39, 0.29) is 0 Å². The fourth-order valence-corrected chi connectivity index (χ4v) is 3.24. The van der Waals surface area contributed by atoms with Gasteiger partial charge in [-0.3, -0.25) is 10.1 Å². The monoisotopic (exact) mass is 399 g/mol. The molecular weight excluding hydrogens is 382 g/mol. The third-order valence-corrected chi connectivity index (χ3v) is 4.64. The Bertz CT molecular complexity index is 1000. The Morgan fingerprint density at radius 1 is 1.18 bits per heavy atom. The van der Waals surface area contributed by atoms with Crippen molar-refractivity contribution in [2.75, 3.05) is 0 Å². The van der Waals surface area contributed by atoms with Crippen LogP contribution in [0.15, 0.2) is 58.2 Å². The highest BCUT2D eigenvalue weighted by Crippen LogP contribution is 2.27. The number of carbonyl (C=O) groups excluding carboxylic acids is 3. The number of nitrogens with zero attached hydrogens (tertiary/aromatic N) is 1. The summed E-state index contributed by atoms with van der Waals surface area (Å²) in [4.78, 5) is 39.3. The lowest BCUT2D eigenvalue weighted by Gasteiger charge is -2.13. The molecule has 0 aliphatic heterocycles.